The number of hydrogen-bond acceptors (Lipinski definition) is 5. The Morgan fingerprint density at radius 3 is 2.53 bits per heavy atom. The Hall–Kier alpha value is -4.39. The van der Waals surface area contributed by atoms with Crippen molar-refractivity contribution in [2.75, 3.05) is 12.1 Å². The molecule has 4 aromatic rings. The zero-order chi connectivity index (χ0) is 23.7. The van der Waals surface area contributed by atoms with Crippen LogP contribution in [-0.4, -0.2) is 23.1 Å². The van der Waals surface area contributed by atoms with Crippen molar-refractivity contribution in [2.45, 2.75) is 19.9 Å². The number of pyridine rings is 1. The molecule has 7 heteroatoms. The van der Waals surface area contributed by atoms with Crippen molar-refractivity contribution in [1.82, 2.24) is 4.57 Å². The summed E-state index contributed by atoms with van der Waals surface area (Å²) < 4.78 is 12.3. The third-order valence-corrected chi connectivity index (χ3v) is 5.83. The molecule has 1 amide bonds. The van der Waals surface area contributed by atoms with E-state index in [4.69, 9.17) is 9.47 Å². The smallest absolute Gasteiger partial charge is 0.244 e. The van der Waals surface area contributed by atoms with Gasteiger partial charge in [0.15, 0.2) is 17.3 Å². The van der Waals surface area contributed by atoms with Crippen molar-refractivity contribution in [1.29, 1.82) is 0 Å². The highest BCUT2D eigenvalue weighted by Gasteiger charge is 2.19. The molecule has 0 unspecified atom stereocenters. The van der Waals surface area contributed by atoms with Crippen LogP contribution in [0, 0.1) is 0 Å². The van der Waals surface area contributed by atoms with E-state index in [0.29, 0.717) is 33.7 Å². The van der Waals surface area contributed by atoms with Gasteiger partial charge in [-0.25, -0.2) is 0 Å². The molecule has 0 spiro atoms. The van der Waals surface area contributed by atoms with Gasteiger partial charge in [0.05, 0.1) is 11.1 Å². The topological polar surface area (TPSA) is 86.6 Å². The van der Waals surface area contributed by atoms with E-state index in [0.717, 1.165) is 12.0 Å². The lowest BCUT2D eigenvalue weighted by Crippen LogP contribution is -2.24. The molecule has 0 radical (unpaired) electrons. The van der Waals surface area contributed by atoms with E-state index in [1.54, 1.807) is 59.2 Å². The maximum Gasteiger partial charge on any atom is 0.244 e. The normalized spacial score (nSPS) is 12.0. The van der Waals surface area contributed by atoms with Crippen LogP contribution in [0.2, 0.25) is 0 Å². The van der Waals surface area contributed by atoms with Gasteiger partial charge in [0.1, 0.15) is 6.54 Å². The first kappa shape index (κ1) is 21.5. The Morgan fingerprint density at radius 2 is 1.74 bits per heavy atom. The molecular formula is C27H22N2O5. The van der Waals surface area contributed by atoms with Crippen LogP contribution in [-0.2, 0) is 17.8 Å². The van der Waals surface area contributed by atoms with Gasteiger partial charge in [-0.15, -0.1) is 0 Å². The average Bonchev–Trinajstić information content (AvgIpc) is 3.33. The molecule has 1 N–H and O–H groups in total. The average molecular weight is 454 g/mol. The number of ether oxygens (including phenoxy) is 2. The minimum Gasteiger partial charge on any atom is -0.454 e. The minimum absolute atomic E-state index is 0.0267. The molecular weight excluding hydrogens is 432 g/mol. The van der Waals surface area contributed by atoms with Gasteiger partial charge in [0.2, 0.25) is 18.1 Å². The zero-order valence-corrected chi connectivity index (χ0v) is 18.5. The van der Waals surface area contributed by atoms with Gasteiger partial charge in [0, 0.05) is 28.9 Å². The predicted octanol–water partition coefficient (Wildman–Crippen LogP) is 4.16. The monoisotopic (exact) mass is 454 g/mol. The van der Waals surface area contributed by atoms with Crippen molar-refractivity contribution in [2.24, 2.45) is 0 Å². The number of aromatic nitrogens is 1. The first-order valence-corrected chi connectivity index (χ1v) is 11.0. The zero-order valence-electron chi connectivity index (χ0n) is 18.5. The molecule has 0 fully saturated rings. The van der Waals surface area contributed by atoms with Crippen LogP contribution < -0.4 is 20.2 Å². The first-order chi connectivity index (χ1) is 16.5. The number of carbonyl (C=O) groups excluding carboxylic acids is 2. The number of nitrogens with zero attached hydrogens (tertiary/aromatic N) is 1. The van der Waals surface area contributed by atoms with Crippen LogP contribution in [0.4, 0.5) is 5.69 Å². The molecule has 0 bridgehead atoms. The molecule has 1 aliphatic heterocycles. The molecule has 34 heavy (non-hydrogen) atoms. The number of hydrogen-bond donors (Lipinski definition) is 1. The Balaban J connectivity index is 1.47. The van der Waals surface area contributed by atoms with Gasteiger partial charge in [0.25, 0.3) is 0 Å². The maximum absolute atomic E-state index is 13.2. The summed E-state index contributed by atoms with van der Waals surface area (Å²) >= 11 is 0. The molecule has 0 saturated carbocycles. The van der Waals surface area contributed by atoms with E-state index in [-0.39, 0.29) is 36.0 Å². The van der Waals surface area contributed by atoms with Crippen LogP contribution in [0.3, 0.4) is 0 Å². The summed E-state index contributed by atoms with van der Waals surface area (Å²) in [5.41, 5.74) is 2.35. The van der Waals surface area contributed by atoms with Crippen molar-refractivity contribution in [3.8, 4) is 11.5 Å². The van der Waals surface area contributed by atoms with Gasteiger partial charge < -0.3 is 19.4 Å². The van der Waals surface area contributed by atoms with Gasteiger partial charge >= 0.3 is 0 Å². The summed E-state index contributed by atoms with van der Waals surface area (Å²) in [7, 11) is 0. The number of para-hydroxylation sites is 1. The highest BCUT2D eigenvalue weighted by atomic mass is 16.7. The first-order valence-electron chi connectivity index (χ1n) is 11.0. The lowest BCUT2D eigenvalue weighted by atomic mass is 10.0. The van der Waals surface area contributed by atoms with Gasteiger partial charge in [-0.05, 0) is 36.2 Å². The summed E-state index contributed by atoms with van der Waals surface area (Å²) in [4.78, 5) is 39.2. The van der Waals surface area contributed by atoms with Gasteiger partial charge in [-0.3, -0.25) is 14.4 Å². The van der Waals surface area contributed by atoms with Crippen molar-refractivity contribution in [3.05, 3.63) is 99.8 Å². The number of aryl methyl sites for hydroxylation is 1. The Morgan fingerprint density at radius 1 is 0.971 bits per heavy atom. The van der Waals surface area contributed by atoms with E-state index in [9.17, 15) is 14.4 Å². The van der Waals surface area contributed by atoms with Crippen molar-refractivity contribution >= 4 is 28.3 Å². The number of anilines is 1. The molecule has 1 aromatic heterocycles. The van der Waals surface area contributed by atoms with Crippen LogP contribution in [0.1, 0.15) is 28.4 Å². The summed E-state index contributed by atoms with van der Waals surface area (Å²) in [5.74, 6) is 0.509. The molecule has 0 aliphatic carbocycles. The number of carbonyl (C=O) groups is 2. The molecule has 2 heterocycles. The highest BCUT2D eigenvalue weighted by molar-refractivity contribution is 6.10. The Kier molecular flexibility index (Phi) is 5.59. The van der Waals surface area contributed by atoms with Crippen LogP contribution >= 0.6 is 0 Å². The summed E-state index contributed by atoms with van der Waals surface area (Å²) in [6.45, 7) is 2.10. The second-order valence-electron chi connectivity index (χ2n) is 8.01. The van der Waals surface area contributed by atoms with Gasteiger partial charge in [-0.1, -0.05) is 43.3 Å². The molecule has 5 rings (SSSR count). The molecule has 7 nitrogen and oxygen atoms in total. The van der Waals surface area contributed by atoms with Crippen LogP contribution in [0.25, 0.3) is 10.9 Å². The van der Waals surface area contributed by atoms with E-state index in [1.165, 1.54) is 6.20 Å². The van der Waals surface area contributed by atoms with E-state index < -0.39 is 0 Å². The van der Waals surface area contributed by atoms with E-state index >= 15 is 0 Å². The van der Waals surface area contributed by atoms with Crippen LogP contribution in [0.15, 0.2) is 77.7 Å². The van der Waals surface area contributed by atoms with Crippen molar-refractivity contribution < 1.29 is 19.1 Å². The fraction of sp³-hybridized carbons (Fsp3) is 0.148. The fourth-order valence-corrected chi connectivity index (χ4v) is 4.01. The number of fused-ring (bicyclic) bond motifs is 2. The third-order valence-electron chi connectivity index (χ3n) is 5.83. The quantitative estimate of drug-likeness (QED) is 0.442. The number of nitrogens with one attached hydrogen (secondary N) is 1. The molecule has 0 saturated heterocycles. The van der Waals surface area contributed by atoms with Gasteiger partial charge in [-0.2, -0.15) is 0 Å². The Bertz CT molecular complexity index is 1470. The molecule has 170 valence electrons. The maximum atomic E-state index is 13.2. The number of benzene rings is 3. The largest absolute Gasteiger partial charge is 0.454 e. The fourth-order valence-electron chi connectivity index (χ4n) is 4.01. The molecule has 3 aromatic carbocycles. The van der Waals surface area contributed by atoms with Crippen molar-refractivity contribution in [3.63, 3.8) is 0 Å². The van der Waals surface area contributed by atoms with E-state index in [1.807, 2.05) is 19.1 Å². The lowest BCUT2D eigenvalue weighted by Gasteiger charge is -2.14. The number of ketones is 1. The Labute approximate surface area is 195 Å². The van der Waals surface area contributed by atoms with Crippen LogP contribution in [0.5, 0.6) is 11.5 Å². The SMILES string of the molecule is CCc1ccc(C(=O)c2cn(CC(=O)Nc3ccc4c(c3)OCO4)c3ccccc3c2=O)cc1. The minimum atomic E-state index is -0.372. The summed E-state index contributed by atoms with van der Waals surface area (Å²) in [6, 6.07) is 19.3. The van der Waals surface area contributed by atoms with E-state index in [2.05, 4.69) is 5.32 Å². The predicted molar refractivity (Wildman–Crippen MR) is 129 cm³/mol. The molecule has 1 aliphatic rings. The summed E-state index contributed by atoms with van der Waals surface area (Å²) in [5, 5.41) is 3.22. The second-order valence-corrected chi connectivity index (χ2v) is 8.01. The third kappa shape index (κ3) is 4.03. The second kappa shape index (κ2) is 8.86. The molecule has 0 atom stereocenters. The number of amides is 1. The lowest BCUT2D eigenvalue weighted by molar-refractivity contribution is -0.116. The number of rotatable bonds is 6. The summed E-state index contributed by atoms with van der Waals surface area (Å²) in [6.07, 6.45) is 2.33. The standard InChI is InChI=1S/C27H22N2O5/c1-2-17-7-9-18(10-8-17)26(31)21-14-29(22-6-4-3-5-20(22)27(21)32)15-25(30)28-19-11-12-23-24(13-19)34-16-33-23/h3-14H,2,15-16H2,1H3,(H,28,30). The highest BCUT2D eigenvalue weighted by Crippen LogP contribution is 2.34.